The minimum absolute atomic E-state index is 0.0941. The van der Waals surface area contributed by atoms with Gasteiger partial charge in [0.25, 0.3) is 0 Å². The number of rotatable bonds is 6. The summed E-state index contributed by atoms with van der Waals surface area (Å²) in [7, 11) is 0. The molecule has 0 saturated carbocycles. The van der Waals surface area contributed by atoms with Gasteiger partial charge in [0.2, 0.25) is 0 Å². The number of pyridine rings is 1. The van der Waals surface area contributed by atoms with Crippen LogP contribution in [0.15, 0.2) is 29.2 Å². The maximum atomic E-state index is 11.9. The summed E-state index contributed by atoms with van der Waals surface area (Å²) in [5.41, 5.74) is 0.584. The molecular weight excluding hydrogens is 238 g/mol. The van der Waals surface area contributed by atoms with Gasteiger partial charge in [0, 0.05) is 18.6 Å². The van der Waals surface area contributed by atoms with E-state index in [1.807, 2.05) is 18.2 Å². The van der Waals surface area contributed by atoms with E-state index in [4.69, 9.17) is 5.11 Å². The standard InChI is InChI=1S/C11H15N3O2S/c15-7-3-8-17-9-6-14-11(16)13-5-2-1-4-10(13)12-14/h1-2,4-5,15H,3,6-9H2. The predicted octanol–water partition coefficient (Wildman–Crippen LogP) is 0.612. The zero-order chi connectivity index (χ0) is 12.1. The highest BCUT2D eigenvalue weighted by molar-refractivity contribution is 7.99. The molecule has 0 amide bonds. The molecule has 0 unspecified atom stereocenters. The second kappa shape index (κ2) is 5.88. The van der Waals surface area contributed by atoms with Gasteiger partial charge < -0.3 is 5.11 Å². The van der Waals surface area contributed by atoms with Crippen LogP contribution in [0.5, 0.6) is 0 Å². The Labute approximate surface area is 103 Å². The van der Waals surface area contributed by atoms with E-state index in [1.54, 1.807) is 22.4 Å². The number of aromatic nitrogens is 3. The molecule has 1 N–H and O–H groups in total. The minimum atomic E-state index is -0.0941. The molecule has 92 valence electrons. The van der Waals surface area contributed by atoms with E-state index >= 15 is 0 Å². The molecule has 0 saturated heterocycles. The van der Waals surface area contributed by atoms with Crippen molar-refractivity contribution in [2.75, 3.05) is 18.1 Å². The molecule has 17 heavy (non-hydrogen) atoms. The van der Waals surface area contributed by atoms with Crippen molar-refractivity contribution >= 4 is 17.4 Å². The third-order valence-corrected chi connectivity index (χ3v) is 3.43. The molecule has 0 aliphatic rings. The Kier molecular flexibility index (Phi) is 4.22. The molecule has 0 fully saturated rings. The van der Waals surface area contributed by atoms with E-state index < -0.39 is 0 Å². The van der Waals surface area contributed by atoms with Crippen LogP contribution in [0.3, 0.4) is 0 Å². The summed E-state index contributed by atoms with van der Waals surface area (Å²) < 4.78 is 3.03. The van der Waals surface area contributed by atoms with Gasteiger partial charge in [-0.3, -0.25) is 4.40 Å². The highest BCUT2D eigenvalue weighted by atomic mass is 32.2. The molecule has 0 aliphatic carbocycles. The van der Waals surface area contributed by atoms with Crippen molar-refractivity contribution in [3.63, 3.8) is 0 Å². The lowest BCUT2D eigenvalue weighted by atomic mass is 10.5. The molecule has 2 aromatic heterocycles. The van der Waals surface area contributed by atoms with Gasteiger partial charge in [-0.2, -0.15) is 11.8 Å². The van der Waals surface area contributed by atoms with Crippen molar-refractivity contribution in [2.45, 2.75) is 13.0 Å². The molecule has 0 radical (unpaired) electrons. The normalized spacial score (nSPS) is 11.1. The summed E-state index contributed by atoms with van der Waals surface area (Å²) in [5.74, 6) is 1.75. The third-order valence-electron chi connectivity index (χ3n) is 2.38. The second-order valence-electron chi connectivity index (χ2n) is 3.62. The van der Waals surface area contributed by atoms with Crippen molar-refractivity contribution in [3.05, 3.63) is 34.9 Å². The van der Waals surface area contributed by atoms with Crippen LogP contribution < -0.4 is 5.69 Å². The zero-order valence-electron chi connectivity index (χ0n) is 9.45. The van der Waals surface area contributed by atoms with Crippen LogP contribution in [0.25, 0.3) is 5.65 Å². The first-order chi connectivity index (χ1) is 8.33. The van der Waals surface area contributed by atoms with Crippen LogP contribution in [0.2, 0.25) is 0 Å². The van der Waals surface area contributed by atoms with Crippen LogP contribution in [0.4, 0.5) is 0 Å². The molecule has 0 bridgehead atoms. The lowest BCUT2D eigenvalue weighted by Crippen LogP contribution is -2.22. The van der Waals surface area contributed by atoms with Crippen molar-refractivity contribution in [2.24, 2.45) is 0 Å². The van der Waals surface area contributed by atoms with Crippen LogP contribution in [0, 0.1) is 0 Å². The Balaban J connectivity index is 1.99. The van der Waals surface area contributed by atoms with Crippen LogP contribution >= 0.6 is 11.8 Å². The minimum Gasteiger partial charge on any atom is -0.396 e. The average Bonchev–Trinajstić information content (AvgIpc) is 2.67. The fourth-order valence-electron chi connectivity index (χ4n) is 1.53. The summed E-state index contributed by atoms with van der Waals surface area (Å²) in [6, 6.07) is 5.50. The lowest BCUT2D eigenvalue weighted by Gasteiger charge is -1.99. The molecule has 0 aliphatic heterocycles. The maximum absolute atomic E-state index is 11.9. The molecule has 0 atom stereocenters. The number of hydrogen-bond donors (Lipinski definition) is 1. The summed E-state index contributed by atoms with van der Waals surface area (Å²) in [5, 5.41) is 12.9. The number of thioether (sulfide) groups is 1. The first-order valence-electron chi connectivity index (χ1n) is 5.56. The fraction of sp³-hybridized carbons (Fsp3) is 0.455. The Bertz CT molecular complexity index is 535. The number of hydrogen-bond acceptors (Lipinski definition) is 4. The van der Waals surface area contributed by atoms with Gasteiger partial charge in [-0.05, 0) is 24.3 Å². The van der Waals surface area contributed by atoms with Crippen LogP contribution in [0.1, 0.15) is 6.42 Å². The van der Waals surface area contributed by atoms with Crippen LogP contribution in [-0.2, 0) is 6.54 Å². The van der Waals surface area contributed by atoms with Gasteiger partial charge in [0.15, 0.2) is 5.65 Å². The van der Waals surface area contributed by atoms with E-state index in [2.05, 4.69) is 5.10 Å². The van der Waals surface area contributed by atoms with Gasteiger partial charge in [0.05, 0.1) is 6.54 Å². The number of fused-ring (bicyclic) bond motifs is 1. The van der Waals surface area contributed by atoms with E-state index in [0.29, 0.717) is 12.2 Å². The average molecular weight is 253 g/mol. The first-order valence-corrected chi connectivity index (χ1v) is 6.71. The third kappa shape index (κ3) is 2.89. The maximum Gasteiger partial charge on any atom is 0.350 e. The highest BCUT2D eigenvalue weighted by Gasteiger charge is 2.04. The largest absolute Gasteiger partial charge is 0.396 e. The monoisotopic (exact) mass is 253 g/mol. The number of aliphatic hydroxyl groups is 1. The molecular formula is C11H15N3O2S. The molecule has 2 aromatic rings. The molecule has 0 aromatic carbocycles. The Morgan fingerprint density at radius 3 is 3.00 bits per heavy atom. The fourth-order valence-corrected chi connectivity index (χ4v) is 2.37. The Morgan fingerprint density at radius 2 is 2.24 bits per heavy atom. The van der Waals surface area contributed by atoms with Gasteiger partial charge in [-0.25, -0.2) is 9.48 Å². The second-order valence-corrected chi connectivity index (χ2v) is 4.85. The number of aryl methyl sites for hydroxylation is 1. The van der Waals surface area contributed by atoms with Gasteiger partial charge in [0.1, 0.15) is 0 Å². The summed E-state index contributed by atoms with van der Waals surface area (Å²) in [6.07, 6.45) is 2.52. The van der Waals surface area contributed by atoms with Crippen LogP contribution in [-0.4, -0.2) is 37.4 Å². The summed E-state index contributed by atoms with van der Waals surface area (Å²) in [6.45, 7) is 0.831. The van der Waals surface area contributed by atoms with E-state index in [-0.39, 0.29) is 12.3 Å². The lowest BCUT2D eigenvalue weighted by molar-refractivity contribution is 0.296. The molecule has 5 nitrogen and oxygen atoms in total. The van der Waals surface area contributed by atoms with Gasteiger partial charge in [-0.1, -0.05) is 6.07 Å². The van der Waals surface area contributed by atoms with Gasteiger partial charge in [-0.15, -0.1) is 5.10 Å². The Morgan fingerprint density at radius 1 is 1.35 bits per heavy atom. The number of nitrogens with zero attached hydrogens (tertiary/aromatic N) is 3. The van der Waals surface area contributed by atoms with E-state index in [1.165, 1.54) is 4.68 Å². The molecule has 6 heteroatoms. The highest BCUT2D eigenvalue weighted by Crippen LogP contribution is 2.02. The quantitative estimate of drug-likeness (QED) is 0.766. The molecule has 2 rings (SSSR count). The van der Waals surface area contributed by atoms with Crippen molar-refractivity contribution in [3.8, 4) is 0 Å². The van der Waals surface area contributed by atoms with Crippen molar-refractivity contribution in [1.29, 1.82) is 0 Å². The topological polar surface area (TPSA) is 59.5 Å². The van der Waals surface area contributed by atoms with Crippen molar-refractivity contribution in [1.82, 2.24) is 14.2 Å². The number of aliphatic hydroxyl groups excluding tert-OH is 1. The smallest absolute Gasteiger partial charge is 0.350 e. The SMILES string of the molecule is O=c1n(CCSCCCO)nc2ccccn12. The molecule has 0 spiro atoms. The van der Waals surface area contributed by atoms with Gasteiger partial charge >= 0.3 is 5.69 Å². The summed E-state index contributed by atoms with van der Waals surface area (Å²) >= 11 is 1.72. The first kappa shape index (κ1) is 12.2. The van der Waals surface area contributed by atoms with Crippen molar-refractivity contribution < 1.29 is 5.11 Å². The molecule has 2 heterocycles. The Hall–Kier alpha value is -1.27. The summed E-state index contributed by atoms with van der Waals surface area (Å²) in [4.78, 5) is 11.9. The predicted molar refractivity (Wildman–Crippen MR) is 68.5 cm³/mol. The zero-order valence-corrected chi connectivity index (χ0v) is 10.3. The van der Waals surface area contributed by atoms with E-state index in [9.17, 15) is 4.79 Å². The van der Waals surface area contributed by atoms with E-state index in [0.717, 1.165) is 17.9 Å².